The second kappa shape index (κ2) is 12.2. The van der Waals surface area contributed by atoms with Gasteiger partial charge in [0, 0.05) is 31.6 Å². The highest BCUT2D eigenvalue weighted by atomic mass is 16.2. The van der Waals surface area contributed by atoms with Gasteiger partial charge in [0.05, 0.1) is 0 Å². The summed E-state index contributed by atoms with van der Waals surface area (Å²) in [6, 6.07) is 0.279. The van der Waals surface area contributed by atoms with Gasteiger partial charge in [-0.15, -0.1) is 0 Å². The molecular formula is C17H34N4O2. The molecule has 0 heterocycles. The Kier molecular flexibility index (Phi) is 10.4. The van der Waals surface area contributed by atoms with Gasteiger partial charge in [-0.2, -0.15) is 0 Å². The Balaban J connectivity index is 2.06. The summed E-state index contributed by atoms with van der Waals surface area (Å²) in [6.45, 7) is 3.13. The van der Waals surface area contributed by atoms with E-state index in [1.165, 1.54) is 19.3 Å². The normalized spacial score (nSPS) is 16.6. The zero-order chi connectivity index (χ0) is 16.9. The topological polar surface area (TPSA) is 96.2 Å². The first-order valence-electron chi connectivity index (χ1n) is 9.19. The second-order valence-corrected chi connectivity index (χ2v) is 6.48. The monoisotopic (exact) mass is 326 g/mol. The number of amides is 3. The molecule has 1 aliphatic rings. The summed E-state index contributed by atoms with van der Waals surface area (Å²) in [4.78, 5) is 23.6. The predicted octanol–water partition coefficient (Wildman–Crippen LogP) is 2.03. The van der Waals surface area contributed by atoms with E-state index >= 15 is 0 Å². The van der Waals surface area contributed by atoms with Gasteiger partial charge in [-0.1, -0.05) is 39.0 Å². The molecule has 1 atom stereocenters. The molecule has 0 bridgehead atoms. The van der Waals surface area contributed by atoms with Crippen LogP contribution in [0.3, 0.4) is 0 Å². The van der Waals surface area contributed by atoms with Crippen molar-refractivity contribution in [2.24, 2.45) is 5.73 Å². The molecule has 6 nitrogen and oxygen atoms in total. The standard InChI is InChI=1S/C17H34N4O2/c1-2-3-8-15(13-18)20-16(22)11-7-12-19-17(23)21-14-9-5-4-6-10-14/h14-15H,2-13,18H2,1H3,(H,20,22)(H2,19,21,23). The molecule has 5 N–H and O–H groups in total. The minimum Gasteiger partial charge on any atom is -0.352 e. The van der Waals surface area contributed by atoms with Gasteiger partial charge in [0.15, 0.2) is 0 Å². The van der Waals surface area contributed by atoms with Crippen molar-refractivity contribution in [2.45, 2.75) is 83.2 Å². The van der Waals surface area contributed by atoms with Crippen molar-refractivity contribution in [3.8, 4) is 0 Å². The highest BCUT2D eigenvalue weighted by molar-refractivity contribution is 5.76. The summed E-state index contributed by atoms with van der Waals surface area (Å²) in [7, 11) is 0. The average molecular weight is 326 g/mol. The van der Waals surface area contributed by atoms with Gasteiger partial charge in [-0.3, -0.25) is 4.79 Å². The van der Waals surface area contributed by atoms with Crippen LogP contribution in [0.15, 0.2) is 0 Å². The number of carbonyl (C=O) groups is 2. The Bertz CT molecular complexity index is 343. The fourth-order valence-electron chi connectivity index (χ4n) is 2.93. The van der Waals surface area contributed by atoms with Crippen molar-refractivity contribution in [3.05, 3.63) is 0 Å². The first-order chi connectivity index (χ1) is 11.2. The number of carbonyl (C=O) groups excluding carboxylic acids is 2. The molecule has 0 aromatic heterocycles. The lowest BCUT2D eigenvalue weighted by molar-refractivity contribution is -0.121. The van der Waals surface area contributed by atoms with E-state index in [2.05, 4.69) is 22.9 Å². The van der Waals surface area contributed by atoms with E-state index in [4.69, 9.17) is 5.73 Å². The molecule has 1 aliphatic carbocycles. The molecule has 0 spiro atoms. The molecule has 0 aliphatic heterocycles. The summed E-state index contributed by atoms with van der Waals surface area (Å²) in [6.07, 6.45) is 10.0. The molecule has 23 heavy (non-hydrogen) atoms. The van der Waals surface area contributed by atoms with Crippen molar-refractivity contribution in [2.75, 3.05) is 13.1 Å². The van der Waals surface area contributed by atoms with Crippen molar-refractivity contribution in [1.29, 1.82) is 0 Å². The van der Waals surface area contributed by atoms with Gasteiger partial charge in [-0.25, -0.2) is 4.79 Å². The van der Waals surface area contributed by atoms with Gasteiger partial charge in [0.2, 0.25) is 5.91 Å². The van der Waals surface area contributed by atoms with Crippen molar-refractivity contribution in [3.63, 3.8) is 0 Å². The lowest BCUT2D eigenvalue weighted by Crippen LogP contribution is -2.43. The third-order valence-corrected chi connectivity index (χ3v) is 4.36. The number of nitrogens with one attached hydrogen (secondary N) is 3. The molecule has 3 amide bonds. The second-order valence-electron chi connectivity index (χ2n) is 6.48. The number of urea groups is 1. The molecule has 1 rings (SSSR count). The molecular weight excluding hydrogens is 292 g/mol. The maximum atomic E-state index is 11.8. The summed E-state index contributed by atoms with van der Waals surface area (Å²) in [5, 5.41) is 8.80. The maximum absolute atomic E-state index is 11.8. The van der Waals surface area contributed by atoms with E-state index in [9.17, 15) is 9.59 Å². The number of hydrogen-bond acceptors (Lipinski definition) is 3. The van der Waals surface area contributed by atoms with E-state index in [0.29, 0.717) is 32.0 Å². The lowest BCUT2D eigenvalue weighted by atomic mass is 9.96. The van der Waals surface area contributed by atoms with Gasteiger partial charge in [0.25, 0.3) is 0 Å². The van der Waals surface area contributed by atoms with Crippen LogP contribution in [-0.4, -0.2) is 37.1 Å². The number of hydrogen-bond donors (Lipinski definition) is 4. The van der Waals surface area contributed by atoms with E-state index in [1.807, 2.05) is 0 Å². The third-order valence-electron chi connectivity index (χ3n) is 4.36. The van der Waals surface area contributed by atoms with Gasteiger partial charge in [-0.05, 0) is 25.7 Å². The number of rotatable bonds is 10. The summed E-state index contributed by atoms with van der Waals surface area (Å²) < 4.78 is 0. The quantitative estimate of drug-likeness (QED) is 0.463. The predicted molar refractivity (Wildman–Crippen MR) is 93.2 cm³/mol. The molecule has 1 saturated carbocycles. The van der Waals surface area contributed by atoms with Crippen LogP contribution in [0.5, 0.6) is 0 Å². The zero-order valence-electron chi connectivity index (χ0n) is 14.5. The first-order valence-corrected chi connectivity index (χ1v) is 9.19. The molecule has 0 aromatic carbocycles. The molecule has 1 fully saturated rings. The van der Waals surface area contributed by atoms with Gasteiger partial charge < -0.3 is 21.7 Å². The van der Waals surface area contributed by atoms with Crippen LogP contribution >= 0.6 is 0 Å². The van der Waals surface area contributed by atoms with Crippen LogP contribution in [0.4, 0.5) is 4.79 Å². The molecule has 1 unspecified atom stereocenters. The largest absolute Gasteiger partial charge is 0.352 e. The summed E-state index contributed by atoms with van der Waals surface area (Å²) in [5.74, 6) is 0.0195. The Morgan fingerprint density at radius 2 is 1.91 bits per heavy atom. The molecule has 6 heteroatoms. The summed E-state index contributed by atoms with van der Waals surface area (Å²) >= 11 is 0. The van der Waals surface area contributed by atoms with E-state index in [-0.39, 0.29) is 18.0 Å². The van der Waals surface area contributed by atoms with Crippen LogP contribution in [0, 0.1) is 0 Å². The van der Waals surface area contributed by atoms with E-state index in [0.717, 1.165) is 32.1 Å². The molecule has 0 radical (unpaired) electrons. The minimum absolute atomic E-state index is 0.0195. The number of nitrogens with two attached hydrogens (primary N) is 1. The van der Waals surface area contributed by atoms with Crippen LogP contribution in [0.1, 0.15) is 71.1 Å². The zero-order valence-corrected chi connectivity index (χ0v) is 14.5. The van der Waals surface area contributed by atoms with Crippen molar-refractivity contribution < 1.29 is 9.59 Å². The van der Waals surface area contributed by atoms with E-state index in [1.54, 1.807) is 0 Å². The maximum Gasteiger partial charge on any atom is 0.315 e. The highest BCUT2D eigenvalue weighted by Crippen LogP contribution is 2.17. The molecule has 0 saturated heterocycles. The minimum atomic E-state index is -0.111. The molecule has 134 valence electrons. The SMILES string of the molecule is CCCCC(CN)NC(=O)CCCNC(=O)NC1CCCCC1. The Hall–Kier alpha value is -1.30. The van der Waals surface area contributed by atoms with E-state index < -0.39 is 0 Å². The van der Waals surface area contributed by atoms with Gasteiger partial charge in [0.1, 0.15) is 0 Å². The molecule has 0 aromatic rings. The van der Waals surface area contributed by atoms with Crippen LogP contribution < -0.4 is 21.7 Å². The Labute approximate surface area is 140 Å². The van der Waals surface area contributed by atoms with Crippen molar-refractivity contribution in [1.82, 2.24) is 16.0 Å². The summed E-state index contributed by atoms with van der Waals surface area (Å²) in [5.41, 5.74) is 5.67. The smallest absolute Gasteiger partial charge is 0.315 e. The average Bonchev–Trinajstić information content (AvgIpc) is 2.56. The van der Waals surface area contributed by atoms with Crippen LogP contribution in [0.2, 0.25) is 0 Å². The first kappa shape index (κ1) is 19.7. The third kappa shape index (κ3) is 9.43. The van der Waals surface area contributed by atoms with Gasteiger partial charge >= 0.3 is 6.03 Å². The highest BCUT2D eigenvalue weighted by Gasteiger charge is 2.15. The van der Waals surface area contributed by atoms with Crippen LogP contribution in [0.25, 0.3) is 0 Å². The fourth-order valence-corrected chi connectivity index (χ4v) is 2.93. The Morgan fingerprint density at radius 1 is 1.17 bits per heavy atom. The number of unbranched alkanes of at least 4 members (excludes halogenated alkanes) is 1. The lowest BCUT2D eigenvalue weighted by Gasteiger charge is -2.22. The fraction of sp³-hybridized carbons (Fsp3) is 0.882. The van der Waals surface area contributed by atoms with Crippen LogP contribution in [-0.2, 0) is 4.79 Å². The Morgan fingerprint density at radius 3 is 2.57 bits per heavy atom. The van der Waals surface area contributed by atoms with Crippen molar-refractivity contribution >= 4 is 11.9 Å².